The Labute approximate surface area is 145 Å². The van der Waals surface area contributed by atoms with Gasteiger partial charge in [0.1, 0.15) is 12.4 Å². The summed E-state index contributed by atoms with van der Waals surface area (Å²) in [4.78, 5) is 12.0. The van der Waals surface area contributed by atoms with Crippen LogP contribution in [0.5, 0.6) is 5.75 Å². The number of anilines is 1. The number of carbonyl (C=O) groups excluding carboxylic acids is 1. The Kier molecular flexibility index (Phi) is 8.65. The number of hydrogen-bond acceptors (Lipinski definition) is 4. The molecule has 2 N–H and O–H groups in total. The van der Waals surface area contributed by atoms with Crippen LogP contribution in [0.2, 0.25) is 0 Å². The molecule has 1 aliphatic rings. The third-order valence-electron chi connectivity index (χ3n) is 3.27. The summed E-state index contributed by atoms with van der Waals surface area (Å²) >= 11 is 1.83. The molecule has 23 heavy (non-hydrogen) atoms. The second kappa shape index (κ2) is 9.95. The third-order valence-corrected chi connectivity index (χ3v) is 4.40. The van der Waals surface area contributed by atoms with E-state index in [0.29, 0.717) is 17.9 Å². The molecule has 1 unspecified atom stereocenters. The van der Waals surface area contributed by atoms with Gasteiger partial charge in [0, 0.05) is 42.3 Å². The lowest BCUT2D eigenvalue weighted by Gasteiger charge is -2.22. The van der Waals surface area contributed by atoms with Crippen molar-refractivity contribution in [2.75, 3.05) is 30.0 Å². The maximum Gasteiger partial charge on any atom is 0.272 e. The van der Waals surface area contributed by atoms with E-state index in [1.54, 1.807) is 25.1 Å². The Morgan fingerprint density at radius 3 is 2.96 bits per heavy atom. The van der Waals surface area contributed by atoms with E-state index < -0.39 is 13.0 Å². The van der Waals surface area contributed by atoms with E-state index in [0.717, 1.165) is 23.6 Å². The van der Waals surface area contributed by atoms with Gasteiger partial charge in [0.2, 0.25) is 5.91 Å². The number of hydrogen-bond donors (Lipinski definition) is 2. The normalized spacial score (nSPS) is 17.5. The molecule has 4 nitrogen and oxygen atoms in total. The highest BCUT2D eigenvalue weighted by atomic mass is 35.5. The number of thioether (sulfide) groups is 1. The molecule has 0 bridgehead atoms. The molecular weight excluding hydrogens is 346 g/mol. The summed E-state index contributed by atoms with van der Waals surface area (Å²) in [5.74, 6) is 2.26. The number of halogens is 3. The zero-order valence-corrected chi connectivity index (χ0v) is 14.4. The zero-order valence-electron chi connectivity index (χ0n) is 12.8. The number of alkyl halides is 2. The van der Waals surface area contributed by atoms with Crippen LogP contribution in [-0.4, -0.2) is 43.0 Å². The Morgan fingerprint density at radius 2 is 2.30 bits per heavy atom. The first-order chi connectivity index (χ1) is 10.5. The molecule has 8 heteroatoms. The molecule has 0 aromatic heterocycles. The molecule has 1 amide bonds. The maximum atomic E-state index is 12.2. The number of rotatable bonds is 6. The van der Waals surface area contributed by atoms with Crippen molar-refractivity contribution >= 4 is 35.8 Å². The van der Waals surface area contributed by atoms with Crippen molar-refractivity contribution in [2.24, 2.45) is 0 Å². The lowest BCUT2D eigenvalue weighted by atomic mass is 10.2. The molecule has 0 spiro atoms. The summed E-state index contributed by atoms with van der Waals surface area (Å²) in [6.45, 7) is 2.04. The fourth-order valence-corrected chi connectivity index (χ4v) is 3.12. The zero-order chi connectivity index (χ0) is 15.9. The molecule has 1 saturated heterocycles. The van der Waals surface area contributed by atoms with Gasteiger partial charge >= 0.3 is 0 Å². The summed E-state index contributed by atoms with van der Waals surface area (Å²) in [6, 6.07) is 5.24. The number of ether oxygens (including phenoxy) is 1. The van der Waals surface area contributed by atoms with E-state index in [-0.39, 0.29) is 24.4 Å². The summed E-state index contributed by atoms with van der Waals surface area (Å²) in [5.41, 5.74) is 1.31. The minimum Gasteiger partial charge on any atom is -0.487 e. The molecule has 130 valence electrons. The van der Waals surface area contributed by atoms with Crippen LogP contribution in [0, 0.1) is 6.92 Å². The highest BCUT2D eigenvalue weighted by Crippen LogP contribution is 2.23. The quantitative estimate of drug-likeness (QED) is 0.812. The maximum absolute atomic E-state index is 12.2. The van der Waals surface area contributed by atoms with Crippen LogP contribution in [0.25, 0.3) is 0 Å². The molecule has 2 rings (SSSR count). The second-order valence-corrected chi connectivity index (χ2v) is 6.31. The highest BCUT2D eigenvalue weighted by Gasteiger charge is 2.17. The molecular formula is C15H21ClF2N2O2S. The van der Waals surface area contributed by atoms with Crippen LogP contribution >= 0.6 is 24.2 Å². The predicted octanol–water partition coefficient (Wildman–Crippen LogP) is 3.09. The van der Waals surface area contributed by atoms with E-state index in [9.17, 15) is 13.6 Å². The molecule has 1 heterocycles. The lowest BCUT2D eigenvalue weighted by Crippen LogP contribution is -2.39. The van der Waals surface area contributed by atoms with Gasteiger partial charge in [0.25, 0.3) is 6.43 Å². The minimum absolute atomic E-state index is 0. The first-order valence-electron chi connectivity index (χ1n) is 7.17. The van der Waals surface area contributed by atoms with E-state index in [4.69, 9.17) is 4.74 Å². The highest BCUT2D eigenvalue weighted by molar-refractivity contribution is 7.99. The summed E-state index contributed by atoms with van der Waals surface area (Å²) < 4.78 is 29.5. The number of carbonyl (C=O) groups is 1. The first-order valence-corrected chi connectivity index (χ1v) is 8.32. The Morgan fingerprint density at radius 1 is 1.52 bits per heavy atom. The Hall–Kier alpha value is -1.05. The van der Waals surface area contributed by atoms with Crippen LogP contribution < -0.4 is 15.4 Å². The van der Waals surface area contributed by atoms with Crippen molar-refractivity contribution in [3.8, 4) is 5.75 Å². The van der Waals surface area contributed by atoms with Gasteiger partial charge in [-0.3, -0.25) is 4.79 Å². The predicted molar refractivity (Wildman–Crippen MR) is 92.3 cm³/mol. The van der Waals surface area contributed by atoms with Crippen LogP contribution in [0.3, 0.4) is 0 Å². The molecule has 1 aromatic carbocycles. The Bertz CT molecular complexity index is 514. The topological polar surface area (TPSA) is 50.4 Å². The van der Waals surface area contributed by atoms with Gasteiger partial charge in [0.05, 0.1) is 0 Å². The minimum atomic E-state index is -2.52. The van der Waals surface area contributed by atoms with Gasteiger partial charge in [0.15, 0.2) is 0 Å². The van der Waals surface area contributed by atoms with Gasteiger partial charge in [-0.05, 0) is 18.6 Å². The smallest absolute Gasteiger partial charge is 0.272 e. The molecule has 0 aliphatic carbocycles. The van der Waals surface area contributed by atoms with Gasteiger partial charge in [-0.1, -0.05) is 6.07 Å². The van der Waals surface area contributed by atoms with Crippen molar-refractivity contribution in [1.82, 2.24) is 5.32 Å². The van der Waals surface area contributed by atoms with E-state index in [1.807, 2.05) is 11.8 Å². The largest absolute Gasteiger partial charge is 0.487 e. The van der Waals surface area contributed by atoms with Crippen molar-refractivity contribution in [2.45, 2.75) is 25.8 Å². The molecule has 1 fully saturated rings. The fraction of sp³-hybridized carbons (Fsp3) is 0.533. The molecule has 1 aliphatic heterocycles. The average Bonchev–Trinajstić information content (AvgIpc) is 2.48. The number of benzene rings is 1. The van der Waals surface area contributed by atoms with Gasteiger partial charge in [-0.2, -0.15) is 11.8 Å². The standard InChI is InChI=1S/C15H20F2N2O2S.ClH/c1-10-2-3-11(6-13(10)21-8-14(16)17)19-15(20)7-12-9-22-5-4-18-12;/h2-3,6,12,14,18H,4-5,7-9H2,1H3,(H,19,20);1H. The van der Waals surface area contributed by atoms with Crippen LogP contribution in [-0.2, 0) is 4.79 Å². The molecule has 1 atom stereocenters. The first kappa shape index (κ1) is 20.0. The van der Waals surface area contributed by atoms with Crippen LogP contribution in [0.15, 0.2) is 18.2 Å². The second-order valence-electron chi connectivity index (χ2n) is 5.16. The fourth-order valence-electron chi connectivity index (χ4n) is 2.17. The molecule has 0 radical (unpaired) electrons. The van der Waals surface area contributed by atoms with Gasteiger partial charge in [-0.15, -0.1) is 12.4 Å². The van der Waals surface area contributed by atoms with Crippen LogP contribution in [0.4, 0.5) is 14.5 Å². The summed E-state index contributed by atoms with van der Waals surface area (Å²) in [7, 11) is 0. The van der Waals surface area contributed by atoms with Crippen molar-refractivity contribution in [3.63, 3.8) is 0 Å². The van der Waals surface area contributed by atoms with Crippen molar-refractivity contribution in [1.29, 1.82) is 0 Å². The van der Waals surface area contributed by atoms with E-state index in [1.165, 1.54) is 0 Å². The van der Waals surface area contributed by atoms with E-state index >= 15 is 0 Å². The van der Waals surface area contributed by atoms with Gasteiger partial charge < -0.3 is 15.4 Å². The SMILES string of the molecule is Cc1ccc(NC(=O)CC2CSCCN2)cc1OCC(F)F.Cl. The van der Waals surface area contributed by atoms with Gasteiger partial charge in [-0.25, -0.2) is 8.78 Å². The molecule has 0 saturated carbocycles. The lowest BCUT2D eigenvalue weighted by molar-refractivity contribution is -0.116. The molecule has 1 aromatic rings. The number of aryl methyl sites for hydroxylation is 1. The third kappa shape index (κ3) is 6.93. The van der Waals surface area contributed by atoms with Crippen LogP contribution in [0.1, 0.15) is 12.0 Å². The monoisotopic (exact) mass is 366 g/mol. The Balaban J connectivity index is 0.00000264. The van der Waals surface area contributed by atoms with Crippen molar-refractivity contribution in [3.05, 3.63) is 23.8 Å². The summed E-state index contributed by atoms with van der Waals surface area (Å²) in [5, 5.41) is 6.09. The number of nitrogens with one attached hydrogen (secondary N) is 2. The average molecular weight is 367 g/mol. The summed E-state index contributed by atoms with van der Waals surface area (Å²) in [6.07, 6.45) is -2.12. The van der Waals surface area contributed by atoms with Crippen molar-refractivity contribution < 1.29 is 18.3 Å². The van der Waals surface area contributed by atoms with E-state index in [2.05, 4.69) is 10.6 Å². The number of amides is 1.